The lowest BCUT2D eigenvalue weighted by Crippen LogP contribution is -2.08. The zero-order valence-corrected chi connectivity index (χ0v) is 8.32. The molecule has 0 aromatic carbocycles. The number of hydrogen-bond donors (Lipinski definition) is 1. The van der Waals surface area contributed by atoms with Crippen LogP contribution in [0.25, 0.3) is 0 Å². The van der Waals surface area contributed by atoms with Crippen molar-refractivity contribution in [3.63, 3.8) is 0 Å². The molecule has 1 N–H and O–H groups in total. The van der Waals surface area contributed by atoms with Crippen molar-refractivity contribution in [3.05, 3.63) is 11.7 Å². The van der Waals surface area contributed by atoms with Gasteiger partial charge in [0.2, 0.25) is 0 Å². The Morgan fingerprint density at radius 2 is 2.57 bits per heavy atom. The molecular weight excluding hydrogens is 182 g/mol. The predicted molar refractivity (Wildman–Crippen MR) is 49.9 cm³/mol. The molecule has 5 heteroatoms. The number of ether oxygens (including phenoxy) is 1. The van der Waals surface area contributed by atoms with Gasteiger partial charge in [0, 0.05) is 19.1 Å². The van der Waals surface area contributed by atoms with Crippen LogP contribution in [0, 0.1) is 0 Å². The van der Waals surface area contributed by atoms with Crippen LogP contribution in [0.1, 0.15) is 31.0 Å². The average Bonchev–Trinajstić information content (AvgIpc) is 2.85. The van der Waals surface area contributed by atoms with E-state index in [9.17, 15) is 0 Å². The molecule has 0 aliphatic carbocycles. The van der Waals surface area contributed by atoms with Crippen LogP contribution < -0.4 is 5.32 Å². The van der Waals surface area contributed by atoms with Crippen molar-refractivity contribution < 1.29 is 9.26 Å². The molecule has 0 amide bonds. The van der Waals surface area contributed by atoms with E-state index in [0.717, 1.165) is 25.3 Å². The Labute approximate surface area is 82.8 Å². The summed E-state index contributed by atoms with van der Waals surface area (Å²) in [5.74, 6) is 1.80. The third-order valence-corrected chi connectivity index (χ3v) is 2.34. The van der Waals surface area contributed by atoms with E-state index in [1.54, 1.807) is 0 Å². The molecule has 1 fully saturated rings. The standard InChI is InChI=1S/C9H15N3O2/c1-2-13-6-8-11-9(12-14-8)7-3-4-10-5-7/h7,10H,2-6H2,1H3/t7-/m1/s1. The summed E-state index contributed by atoms with van der Waals surface area (Å²) in [5.41, 5.74) is 0. The molecule has 0 unspecified atom stereocenters. The first-order valence-corrected chi connectivity index (χ1v) is 5.01. The largest absolute Gasteiger partial charge is 0.372 e. The Morgan fingerprint density at radius 3 is 3.29 bits per heavy atom. The SMILES string of the molecule is CCOCc1nc([C@@H]2CCNC2)no1. The first kappa shape index (κ1) is 9.61. The van der Waals surface area contributed by atoms with Crippen molar-refractivity contribution in [3.8, 4) is 0 Å². The summed E-state index contributed by atoms with van der Waals surface area (Å²) >= 11 is 0. The summed E-state index contributed by atoms with van der Waals surface area (Å²) in [6.45, 7) is 5.03. The van der Waals surface area contributed by atoms with Gasteiger partial charge in [0.15, 0.2) is 5.82 Å². The minimum Gasteiger partial charge on any atom is -0.372 e. The van der Waals surface area contributed by atoms with Crippen molar-refractivity contribution in [2.75, 3.05) is 19.7 Å². The smallest absolute Gasteiger partial charge is 0.252 e. The molecular formula is C9H15N3O2. The van der Waals surface area contributed by atoms with Crippen molar-refractivity contribution in [1.82, 2.24) is 15.5 Å². The van der Waals surface area contributed by atoms with E-state index in [-0.39, 0.29) is 0 Å². The predicted octanol–water partition coefficient (Wildman–Crippen LogP) is 0.683. The number of hydrogen-bond acceptors (Lipinski definition) is 5. The molecule has 1 aliphatic rings. The van der Waals surface area contributed by atoms with Gasteiger partial charge in [-0.25, -0.2) is 0 Å². The zero-order chi connectivity index (χ0) is 9.80. The van der Waals surface area contributed by atoms with Gasteiger partial charge in [0.1, 0.15) is 6.61 Å². The summed E-state index contributed by atoms with van der Waals surface area (Å²) in [5, 5.41) is 7.22. The van der Waals surface area contributed by atoms with Crippen LogP contribution >= 0.6 is 0 Å². The monoisotopic (exact) mass is 197 g/mol. The van der Waals surface area contributed by atoms with Crippen LogP contribution in [0.15, 0.2) is 4.52 Å². The number of nitrogens with one attached hydrogen (secondary N) is 1. The molecule has 1 saturated heterocycles. The van der Waals surface area contributed by atoms with Crippen LogP contribution in [-0.2, 0) is 11.3 Å². The lowest BCUT2D eigenvalue weighted by Gasteiger charge is -1.98. The van der Waals surface area contributed by atoms with E-state index in [1.165, 1.54) is 0 Å². The van der Waals surface area contributed by atoms with Gasteiger partial charge in [-0.2, -0.15) is 4.98 Å². The highest BCUT2D eigenvalue weighted by Crippen LogP contribution is 2.19. The van der Waals surface area contributed by atoms with Gasteiger partial charge < -0.3 is 14.6 Å². The third kappa shape index (κ3) is 2.10. The van der Waals surface area contributed by atoms with Crippen LogP contribution in [0.3, 0.4) is 0 Å². The van der Waals surface area contributed by atoms with Crippen LogP contribution in [-0.4, -0.2) is 29.8 Å². The molecule has 0 spiro atoms. The Balaban J connectivity index is 1.94. The van der Waals surface area contributed by atoms with Crippen molar-refractivity contribution in [2.24, 2.45) is 0 Å². The molecule has 1 aromatic heterocycles. The quantitative estimate of drug-likeness (QED) is 0.769. The fourth-order valence-electron chi connectivity index (χ4n) is 1.56. The van der Waals surface area contributed by atoms with Gasteiger partial charge in [-0.15, -0.1) is 0 Å². The first-order chi connectivity index (χ1) is 6.90. The molecule has 1 aromatic rings. The summed E-state index contributed by atoms with van der Waals surface area (Å²) < 4.78 is 10.2. The first-order valence-electron chi connectivity index (χ1n) is 5.01. The molecule has 0 radical (unpaired) electrons. The lowest BCUT2D eigenvalue weighted by atomic mass is 10.1. The minimum atomic E-state index is 0.411. The highest BCUT2D eigenvalue weighted by Gasteiger charge is 2.21. The molecule has 0 saturated carbocycles. The molecule has 0 bridgehead atoms. The molecule has 78 valence electrons. The summed E-state index contributed by atoms with van der Waals surface area (Å²) in [4.78, 5) is 4.29. The molecule has 2 heterocycles. The second kappa shape index (κ2) is 4.52. The number of rotatable bonds is 4. The Kier molecular flexibility index (Phi) is 3.10. The second-order valence-corrected chi connectivity index (χ2v) is 3.37. The summed E-state index contributed by atoms with van der Waals surface area (Å²) in [7, 11) is 0. The van der Waals surface area contributed by atoms with Gasteiger partial charge in [0.25, 0.3) is 5.89 Å². The Bertz CT molecular complexity index is 281. The van der Waals surface area contributed by atoms with E-state index in [1.807, 2.05) is 6.92 Å². The van der Waals surface area contributed by atoms with E-state index in [2.05, 4.69) is 15.5 Å². The highest BCUT2D eigenvalue weighted by atomic mass is 16.5. The van der Waals surface area contributed by atoms with Gasteiger partial charge in [0.05, 0.1) is 0 Å². The lowest BCUT2D eigenvalue weighted by molar-refractivity contribution is 0.109. The normalized spacial score (nSPS) is 21.6. The fraction of sp³-hybridized carbons (Fsp3) is 0.778. The molecule has 2 rings (SSSR count). The molecule has 5 nitrogen and oxygen atoms in total. The third-order valence-electron chi connectivity index (χ3n) is 2.34. The average molecular weight is 197 g/mol. The minimum absolute atomic E-state index is 0.411. The molecule has 1 aliphatic heterocycles. The van der Waals surface area contributed by atoms with Crippen molar-refractivity contribution >= 4 is 0 Å². The maximum Gasteiger partial charge on any atom is 0.252 e. The van der Waals surface area contributed by atoms with E-state index >= 15 is 0 Å². The number of nitrogens with zero attached hydrogens (tertiary/aromatic N) is 2. The second-order valence-electron chi connectivity index (χ2n) is 3.37. The van der Waals surface area contributed by atoms with Gasteiger partial charge in [-0.1, -0.05) is 5.16 Å². The summed E-state index contributed by atoms with van der Waals surface area (Å²) in [6.07, 6.45) is 1.09. The van der Waals surface area contributed by atoms with Crippen LogP contribution in [0.4, 0.5) is 0 Å². The summed E-state index contributed by atoms with van der Waals surface area (Å²) in [6, 6.07) is 0. The Hall–Kier alpha value is -0.940. The van der Waals surface area contributed by atoms with Gasteiger partial charge >= 0.3 is 0 Å². The van der Waals surface area contributed by atoms with Crippen LogP contribution in [0.5, 0.6) is 0 Å². The van der Waals surface area contributed by atoms with Crippen LogP contribution in [0.2, 0.25) is 0 Å². The Morgan fingerprint density at radius 1 is 1.64 bits per heavy atom. The maximum atomic E-state index is 5.18. The zero-order valence-electron chi connectivity index (χ0n) is 8.32. The van der Waals surface area contributed by atoms with Crippen molar-refractivity contribution in [2.45, 2.75) is 25.9 Å². The van der Waals surface area contributed by atoms with Gasteiger partial charge in [-0.3, -0.25) is 0 Å². The molecule has 1 atom stereocenters. The molecule has 14 heavy (non-hydrogen) atoms. The van der Waals surface area contributed by atoms with E-state index in [4.69, 9.17) is 9.26 Å². The van der Waals surface area contributed by atoms with E-state index < -0.39 is 0 Å². The topological polar surface area (TPSA) is 60.2 Å². The van der Waals surface area contributed by atoms with Crippen molar-refractivity contribution in [1.29, 1.82) is 0 Å². The van der Waals surface area contributed by atoms with Gasteiger partial charge in [-0.05, 0) is 19.9 Å². The maximum absolute atomic E-state index is 5.18. The number of aromatic nitrogens is 2. The van der Waals surface area contributed by atoms with E-state index in [0.29, 0.717) is 25.0 Å². The fourth-order valence-corrected chi connectivity index (χ4v) is 1.56. The highest BCUT2D eigenvalue weighted by molar-refractivity contribution is 4.99.